The summed E-state index contributed by atoms with van der Waals surface area (Å²) in [6.07, 6.45) is 5.90. The van der Waals surface area contributed by atoms with Crippen LogP contribution < -0.4 is 14.8 Å². The second kappa shape index (κ2) is 8.75. The minimum absolute atomic E-state index is 0.00427. The van der Waals surface area contributed by atoms with Crippen molar-refractivity contribution in [2.75, 3.05) is 7.11 Å². The van der Waals surface area contributed by atoms with Gasteiger partial charge in [0.05, 0.1) is 13.5 Å². The Morgan fingerprint density at radius 3 is 2.52 bits per heavy atom. The summed E-state index contributed by atoms with van der Waals surface area (Å²) in [4.78, 5) is 20.3. The summed E-state index contributed by atoms with van der Waals surface area (Å²) in [5.41, 5.74) is 0.181. The molecular weight excluding hydrogens is 356 g/mol. The SMILES string of the molecule is COc1nccnc1OC1CCC(NC(=O)Cc2ccc(F)cc2F)CC1. The molecule has 144 valence electrons. The average molecular weight is 377 g/mol. The third-order valence-electron chi connectivity index (χ3n) is 4.51. The van der Waals surface area contributed by atoms with E-state index in [0.717, 1.165) is 37.8 Å². The number of amides is 1. The van der Waals surface area contributed by atoms with Crippen molar-refractivity contribution in [3.8, 4) is 11.8 Å². The van der Waals surface area contributed by atoms with Crippen LogP contribution in [0.1, 0.15) is 31.2 Å². The van der Waals surface area contributed by atoms with Gasteiger partial charge in [-0.05, 0) is 37.3 Å². The van der Waals surface area contributed by atoms with Crippen molar-refractivity contribution in [2.24, 2.45) is 0 Å². The minimum Gasteiger partial charge on any atom is -0.477 e. The number of methoxy groups -OCH3 is 1. The molecule has 0 bridgehead atoms. The maximum absolute atomic E-state index is 13.7. The molecule has 0 radical (unpaired) electrons. The third kappa shape index (κ3) is 5.12. The number of benzene rings is 1. The Kier molecular flexibility index (Phi) is 6.16. The van der Waals surface area contributed by atoms with Gasteiger partial charge in [0.1, 0.15) is 17.7 Å². The summed E-state index contributed by atoms with van der Waals surface area (Å²) >= 11 is 0. The lowest BCUT2D eigenvalue weighted by Crippen LogP contribution is -2.40. The minimum atomic E-state index is -0.708. The fourth-order valence-corrected chi connectivity index (χ4v) is 3.13. The number of nitrogens with one attached hydrogen (secondary N) is 1. The molecule has 1 aliphatic rings. The first-order valence-corrected chi connectivity index (χ1v) is 8.80. The second-order valence-electron chi connectivity index (χ2n) is 6.44. The van der Waals surface area contributed by atoms with Crippen molar-refractivity contribution in [3.63, 3.8) is 0 Å². The van der Waals surface area contributed by atoms with E-state index >= 15 is 0 Å². The van der Waals surface area contributed by atoms with E-state index in [-0.39, 0.29) is 30.0 Å². The van der Waals surface area contributed by atoms with E-state index in [4.69, 9.17) is 9.47 Å². The van der Waals surface area contributed by atoms with Crippen molar-refractivity contribution >= 4 is 5.91 Å². The highest BCUT2D eigenvalue weighted by molar-refractivity contribution is 5.78. The van der Waals surface area contributed by atoms with Crippen molar-refractivity contribution in [3.05, 3.63) is 47.8 Å². The lowest BCUT2D eigenvalue weighted by Gasteiger charge is -2.29. The van der Waals surface area contributed by atoms with Gasteiger partial charge in [0.15, 0.2) is 0 Å². The summed E-state index contributed by atoms with van der Waals surface area (Å²) in [6, 6.07) is 3.23. The summed E-state index contributed by atoms with van der Waals surface area (Å²) < 4.78 is 37.6. The van der Waals surface area contributed by atoms with Crippen LogP contribution in [0.3, 0.4) is 0 Å². The molecule has 1 aromatic heterocycles. The van der Waals surface area contributed by atoms with Crippen molar-refractivity contribution in [1.29, 1.82) is 0 Å². The first-order chi connectivity index (χ1) is 13.0. The molecule has 1 N–H and O–H groups in total. The van der Waals surface area contributed by atoms with Gasteiger partial charge in [0.25, 0.3) is 11.8 Å². The molecule has 1 fully saturated rings. The van der Waals surface area contributed by atoms with Gasteiger partial charge >= 0.3 is 0 Å². The van der Waals surface area contributed by atoms with Crippen LogP contribution in [0.4, 0.5) is 8.78 Å². The van der Waals surface area contributed by atoms with Crippen LogP contribution in [0.25, 0.3) is 0 Å². The zero-order valence-corrected chi connectivity index (χ0v) is 15.0. The monoisotopic (exact) mass is 377 g/mol. The second-order valence-corrected chi connectivity index (χ2v) is 6.44. The molecule has 1 aromatic carbocycles. The fraction of sp³-hybridized carbons (Fsp3) is 0.421. The predicted octanol–water partition coefficient (Wildman–Crippen LogP) is 2.81. The summed E-state index contributed by atoms with van der Waals surface area (Å²) in [5.74, 6) is -0.941. The number of hydrogen-bond acceptors (Lipinski definition) is 5. The molecule has 0 spiro atoms. The van der Waals surface area contributed by atoms with E-state index in [0.29, 0.717) is 11.8 Å². The van der Waals surface area contributed by atoms with Gasteiger partial charge in [-0.1, -0.05) is 6.07 Å². The van der Waals surface area contributed by atoms with Gasteiger partial charge in [-0.15, -0.1) is 0 Å². The van der Waals surface area contributed by atoms with E-state index in [9.17, 15) is 13.6 Å². The number of aromatic nitrogens is 2. The van der Waals surface area contributed by atoms with Crippen LogP contribution in [0.15, 0.2) is 30.6 Å². The van der Waals surface area contributed by atoms with E-state index in [1.54, 1.807) is 0 Å². The molecule has 6 nitrogen and oxygen atoms in total. The van der Waals surface area contributed by atoms with E-state index in [1.807, 2.05) is 0 Å². The van der Waals surface area contributed by atoms with Crippen LogP contribution in [-0.4, -0.2) is 35.1 Å². The highest BCUT2D eigenvalue weighted by Gasteiger charge is 2.25. The molecule has 0 aliphatic heterocycles. The smallest absolute Gasteiger partial charge is 0.278 e. The number of carbonyl (C=O) groups is 1. The summed E-state index contributed by atoms with van der Waals surface area (Å²) in [6.45, 7) is 0. The first-order valence-electron chi connectivity index (χ1n) is 8.80. The molecule has 1 saturated carbocycles. The Morgan fingerprint density at radius 1 is 1.15 bits per heavy atom. The summed E-state index contributed by atoms with van der Waals surface area (Å²) in [5, 5.41) is 2.91. The Hall–Kier alpha value is -2.77. The van der Waals surface area contributed by atoms with Gasteiger partial charge in [0, 0.05) is 24.5 Å². The topological polar surface area (TPSA) is 73.3 Å². The lowest BCUT2D eigenvalue weighted by molar-refractivity contribution is -0.121. The van der Waals surface area contributed by atoms with Gasteiger partial charge in [-0.25, -0.2) is 18.7 Å². The molecule has 1 heterocycles. The van der Waals surface area contributed by atoms with Crippen LogP contribution in [0.2, 0.25) is 0 Å². The molecule has 0 saturated heterocycles. The molecule has 8 heteroatoms. The maximum Gasteiger partial charge on any atom is 0.278 e. The highest BCUT2D eigenvalue weighted by Crippen LogP contribution is 2.27. The Bertz CT molecular complexity index is 796. The van der Waals surface area contributed by atoms with E-state index < -0.39 is 11.6 Å². The molecular formula is C19H21F2N3O3. The summed E-state index contributed by atoms with van der Waals surface area (Å²) in [7, 11) is 1.51. The molecule has 1 amide bonds. The Morgan fingerprint density at radius 2 is 1.85 bits per heavy atom. The molecule has 0 atom stereocenters. The normalized spacial score (nSPS) is 19.4. The first kappa shape index (κ1) is 19.0. The van der Waals surface area contributed by atoms with Crippen molar-refractivity contribution in [1.82, 2.24) is 15.3 Å². The van der Waals surface area contributed by atoms with Crippen LogP contribution in [-0.2, 0) is 11.2 Å². The van der Waals surface area contributed by atoms with Gasteiger partial charge in [0.2, 0.25) is 5.91 Å². The number of rotatable bonds is 6. The number of hydrogen-bond donors (Lipinski definition) is 1. The average Bonchev–Trinajstić information content (AvgIpc) is 2.66. The van der Waals surface area contributed by atoms with Gasteiger partial charge in [-0.2, -0.15) is 0 Å². The van der Waals surface area contributed by atoms with Gasteiger partial charge < -0.3 is 14.8 Å². The number of ether oxygens (including phenoxy) is 2. The third-order valence-corrected chi connectivity index (χ3v) is 4.51. The fourth-order valence-electron chi connectivity index (χ4n) is 3.13. The molecule has 3 rings (SSSR count). The Balaban J connectivity index is 1.47. The standard InChI is InChI=1S/C19H21F2N3O3/c1-26-18-19(23-9-8-22-18)27-15-6-4-14(5-7-15)24-17(25)10-12-2-3-13(20)11-16(12)21/h2-3,8-9,11,14-15H,4-7,10H2,1H3,(H,24,25). The zero-order valence-electron chi connectivity index (χ0n) is 15.0. The predicted molar refractivity (Wildman–Crippen MR) is 93.5 cm³/mol. The largest absolute Gasteiger partial charge is 0.477 e. The van der Waals surface area contributed by atoms with Crippen molar-refractivity contribution < 1.29 is 23.0 Å². The quantitative estimate of drug-likeness (QED) is 0.838. The molecule has 2 aromatic rings. The highest BCUT2D eigenvalue weighted by atomic mass is 19.1. The van der Waals surface area contributed by atoms with Crippen molar-refractivity contribution in [2.45, 2.75) is 44.2 Å². The molecule has 0 unspecified atom stereocenters. The van der Waals surface area contributed by atoms with Crippen LogP contribution in [0.5, 0.6) is 11.8 Å². The zero-order chi connectivity index (χ0) is 19.2. The van der Waals surface area contributed by atoms with Crippen LogP contribution >= 0.6 is 0 Å². The number of carbonyl (C=O) groups excluding carboxylic acids is 1. The number of nitrogens with zero attached hydrogens (tertiary/aromatic N) is 2. The van der Waals surface area contributed by atoms with Crippen LogP contribution in [0, 0.1) is 11.6 Å². The number of halogens is 2. The molecule has 27 heavy (non-hydrogen) atoms. The maximum atomic E-state index is 13.7. The lowest BCUT2D eigenvalue weighted by atomic mass is 9.92. The molecule has 1 aliphatic carbocycles. The Labute approximate surface area is 155 Å². The van der Waals surface area contributed by atoms with Gasteiger partial charge in [-0.3, -0.25) is 4.79 Å². The van der Waals surface area contributed by atoms with E-state index in [1.165, 1.54) is 25.6 Å². The van der Waals surface area contributed by atoms with E-state index in [2.05, 4.69) is 15.3 Å².